The lowest BCUT2D eigenvalue weighted by Crippen LogP contribution is -2.52. The van der Waals surface area contributed by atoms with E-state index in [-0.39, 0.29) is 35.8 Å². The van der Waals surface area contributed by atoms with E-state index in [1.165, 1.54) is 12.2 Å². The van der Waals surface area contributed by atoms with Crippen LogP contribution in [0.2, 0.25) is 0 Å². The van der Waals surface area contributed by atoms with Crippen molar-refractivity contribution in [3.63, 3.8) is 0 Å². The van der Waals surface area contributed by atoms with E-state index < -0.39 is 5.41 Å². The number of benzene rings is 1. The van der Waals surface area contributed by atoms with Crippen molar-refractivity contribution in [1.29, 1.82) is 0 Å². The number of rotatable bonds is 2. The van der Waals surface area contributed by atoms with Crippen molar-refractivity contribution in [2.45, 2.75) is 37.3 Å². The quantitative estimate of drug-likeness (QED) is 0.786. The molecule has 7 heteroatoms. The highest BCUT2D eigenvalue weighted by molar-refractivity contribution is 6.08. The molecule has 4 heterocycles. The maximum Gasteiger partial charge on any atom is 0.264 e. The van der Waals surface area contributed by atoms with E-state index in [0.717, 1.165) is 11.1 Å². The zero-order chi connectivity index (χ0) is 19.6. The number of carbonyl (C=O) groups excluding carboxylic acids is 2. The third-order valence-corrected chi connectivity index (χ3v) is 7.03. The van der Waals surface area contributed by atoms with Crippen LogP contribution < -0.4 is 15.1 Å². The number of nitrogens with one attached hydrogen (secondary N) is 1. The fourth-order valence-electron chi connectivity index (χ4n) is 5.75. The van der Waals surface area contributed by atoms with Crippen LogP contribution in [0.5, 0.6) is 5.75 Å². The smallest absolute Gasteiger partial charge is 0.264 e. The molecule has 7 nitrogen and oxygen atoms in total. The second kappa shape index (κ2) is 6.06. The number of hydrogen-bond donors (Lipinski definition) is 1. The van der Waals surface area contributed by atoms with Crippen molar-refractivity contribution in [2.24, 2.45) is 11.8 Å². The summed E-state index contributed by atoms with van der Waals surface area (Å²) in [6.07, 6.45) is 2.77. The van der Waals surface area contributed by atoms with Gasteiger partial charge in [-0.2, -0.15) is 5.06 Å². The van der Waals surface area contributed by atoms with E-state index in [1.54, 1.807) is 7.11 Å². The summed E-state index contributed by atoms with van der Waals surface area (Å²) in [5, 5.41) is 4.50. The van der Waals surface area contributed by atoms with Crippen molar-refractivity contribution >= 4 is 17.5 Å². The SMILES string of the molecule is C/C=C1/C(=O)N[C@H]2C[C@@]3(C(=O)N(OC)c4cc(OC)ccc43)[C@H]3C[C@@H]1[C@@H]2CO3. The summed E-state index contributed by atoms with van der Waals surface area (Å²) < 4.78 is 11.6. The van der Waals surface area contributed by atoms with Gasteiger partial charge in [0.05, 0.1) is 32.6 Å². The van der Waals surface area contributed by atoms with Crippen LogP contribution in [-0.4, -0.2) is 44.8 Å². The highest BCUT2D eigenvalue weighted by Crippen LogP contribution is 2.56. The van der Waals surface area contributed by atoms with Gasteiger partial charge in [-0.25, -0.2) is 0 Å². The molecule has 4 bridgehead atoms. The standard InChI is InChI=1S/C21H24N2O5/c1-4-12-13-8-18-21(9-16(22-19(12)24)14(13)10-28-18)15-6-5-11(26-2)7-17(15)23(27-3)20(21)25/h4-7,13-14,16,18H,8-10H2,1-3H3,(H,22,24)/b12-4+/t13-,14-,16-,18+,21-/m0/s1. The third-order valence-electron chi connectivity index (χ3n) is 7.03. The molecule has 1 aliphatic carbocycles. The number of piperidine rings is 1. The Balaban J connectivity index is 1.69. The van der Waals surface area contributed by atoms with E-state index >= 15 is 0 Å². The monoisotopic (exact) mass is 384 g/mol. The van der Waals surface area contributed by atoms with Crippen LogP contribution in [0.4, 0.5) is 5.69 Å². The summed E-state index contributed by atoms with van der Waals surface area (Å²) in [5.74, 6) is 0.814. The lowest BCUT2D eigenvalue weighted by molar-refractivity contribution is -0.137. The zero-order valence-corrected chi connectivity index (χ0v) is 16.2. The molecule has 5 atom stereocenters. The minimum atomic E-state index is -0.873. The second-order valence-corrected chi connectivity index (χ2v) is 7.99. The maximum absolute atomic E-state index is 13.7. The number of hydrogen-bond acceptors (Lipinski definition) is 5. The fraction of sp³-hybridized carbons (Fsp3) is 0.524. The van der Waals surface area contributed by atoms with E-state index in [2.05, 4.69) is 5.32 Å². The molecule has 4 fully saturated rings. The van der Waals surface area contributed by atoms with Crippen molar-refractivity contribution in [2.75, 3.05) is 25.9 Å². The predicted octanol–water partition coefficient (Wildman–Crippen LogP) is 1.71. The van der Waals surface area contributed by atoms with Gasteiger partial charge in [0, 0.05) is 23.6 Å². The van der Waals surface area contributed by atoms with Gasteiger partial charge < -0.3 is 14.8 Å². The van der Waals surface area contributed by atoms with E-state index in [4.69, 9.17) is 14.3 Å². The van der Waals surface area contributed by atoms with Crippen LogP contribution in [-0.2, 0) is 24.6 Å². The van der Waals surface area contributed by atoms with Gasteiger partial charge in [-0.15, -0.1) is 0 Å². The Hall–Kier alpha value is -2.38. The molecule has 0 radical (unpaired) electrons. The fourth-order valence-corrected chi connectivity index (χ4v) is 5.75. The lowest BCUT2D eigenvalue weighted by atomic mass is 9.72. The van der Waals surface area contributed by atoms with Crippen molar-refractivity contribution in [3.05, 3.63) is 35.4 Å². The molecule has 0 aromatic heterocycles. The van der Waals surface area contributed by atoms with Gasteiger partial charge in [-0.05, 0) is 37.3 Å². The average Bonchev–Trinajstić information content (AvgIpc) is 2.79. The Kier molecular flexibility index (Phi) is 3.83. The summed E-state index contributed by atoms with van der Waals surface area (Å²) >= 11 is 0. The third kappa shape index (κ3) is 2.06. The van der Waals surface area contributed by atoms with Gasteiger partial charge in [-0.3, -0.25) is 14.4 Å². The number of carbonyl (C=O) groups is 2. The molecular weight excluding hydrogens is 360 g/mol. The van der Waals surface area contributed by atoms with Gasteiger partial charge in [0.25, 0.3) is 5.91 Å². The summed E-state index contributed by atoms with van der Waals surface area (Å²) in [6.45, 7) is 2.45. The Labute approximate surface area is 163 Å². The Morgan fingerprint density at radius 2 is 2.14 bits per heavy atom. The molecule has 1 N–H and O–H groups in total. The van der Waals surface area contributed by atoms with Gasteiger partial charge in [-0.1, -0.05) is 12.1 Å². The second-order valence-electron chi connectivity index (χ2n) is 7.99. The first-order valence-corrected chi connectivity index (χ1v) is 9.71. The molecule has 148 valence electrons. The van der Waals surface area contributed by atoms with Gasteiger partial charge >= 0.3 is 0 Å². The normalized spacial score (nSPS) is 37.2. The summed E-state index contributed by atoms with van der Waals surface area (Å²) in [4.78, 5) is 31.8. The molecule has 1 saturated carbocycles. The van der Waals surface area contributed by atoms with Crippen LogP contribution in [0.1, 0.15) is 25.3 Å². The van der Waals surface area contributed by atoms with Gasteiger partial charge in [0.15, 0.2) is 0 Å². The summed E-state index contributed by atoms with van der Waals surface area (Å²) in [7, 11) is 3.09. The number of anilines is 1. The van der Waals surface area contributed by atoms with Crippen LogP contribution in [0.3, 0.4) is 0 Å². The highest BCUT2D eigenvalue weighted by atomic mass is 16.7. The number of amides is 2. The number of nitrogens with zero attached hydrogens (tertiary/aromatic N) is 1. The van der Waals surface area contributed by atoms with Gasteiger partial charge in [0.2, 0.25) is 5.91 Å². The lowest BCUT2D eigenvalue weighted by Gasteiger charge is -2.41. The molecule has 6 rings (SSSR count). The van der Waals surface area contributed by atoms with Crippen molar-refractivity contribution in [1.82, 2.24) is 5.32 Å². The molecule has 1 aromatic rings. The molecule has 4 aliphatic heterocycles. The Morgan fingerprint density at radius 1 is 1.32 bits per heavy atom. The topological polar surface area (TPSA) is 77.1 Å². The summed E-state index contributed by atoms with van der Waals surface area (Å²) in [5.41, 5.74) is 1.51. The van der Waals surface area contributed by atoms with Crippen molar-refractivity contribution in [3.8, 4) is 5.75 Å². The average molecular weight is 384 g/mol. The first kappa shape index (κ1) is 17.7. The van der Waals surface area contributed by atoms with Gasteiger partial charge in [0.1, 0.15) is 11.2 Å². The number of hydroxylamine groups is 1. The minimum absolute atomic E-state index is 0.0181. The summed E-state index contributed by atoms with van der Waals surface area (Å²) in [6, 6.07) is 5.52. The largest absolute Gasteiger partial charge is 0.497 e. The zero-order valence-electron chi connectivity index (χ0n) is 16.2. The van der Waals surface area contributed by atoms with Crippen molar-refractivity contribution < 1.29 is 23.9 Å². The van der Waals surface area contributed by atoms with E-state index in [0.29, 0.717) is 30.9 Å². The Morgan fingerprint density at radius 3 is 2.86 bits per heavy atom. The number of ether oxygens (including phenoxy) is 2. The first-order chi connectivity index (χ1) is 13.5. The molecule has 0 unspecified atom stereocenters. The Bertz CT molecular complexity index is 897. The molecular formula is C21H24N2O5. The van der Waals surface area contributed by atoms with Crippen LogP contribution in [0, 0.1) is 11.8 Å². The van der Waals surface area contributed by atoms with Crippen LogP contribution >= 0.6 is 0 Å². The number of fused-ring (bicyclic) bond motifs is 2. The predicted molar refractivity (Wildman–Crippen MR) is 101 cm³/mol. The van der Waals surface area contributed by atoms with Crippen LogP contribution in [0.15, 0.2) is 29.8 Å². The van der Waals surface area contributed by atoms with E-state index in [9.17, 15) is 9.59 Å². The molecule has 1 aromatic carbocycles. The van der Waals surface area contributed by atoms with Crippen LogP contribution in [0.25, 0.3) is 0 Å². The number of methoxy groups -OCH3 is 1. The minimum Gasteiger partial charge on any atom is -0.497 e. The molecule has 28 heavy (non-hydrogen) atoms. The molecule has 2 amide bonds. The molecule has 5 aliphatic rings. The maximum atomic E-state index is 13.7. The molecule has 1 spiro atoms. The molecule has 3 saturated heterocycles. The number of allylic oxidation sites excluding steroid dienone is 1. The first-order valence-electron chi connectivity index (χ1n) is 9.71. The highest BCUT2D eigenvalue weighted by Gasteiger charge is 2.64. The van der Waals surface area contributed by atoms with E-state index in [1.807, 2.05) is 31.2 Å².